The van der Waals surface area contributed by atoms with Crippen molar-refractivity contribution in [1.29, 1.82) is 0 Å². The fraction of sp³-hybridized carbons (Fsp3) is 0.171. The molecule has 5 rings (SSSR count). The number of aryl methyl sites for hydroxylation is 1. The maximum absolute atomic E-state index is 13.6. The second kappa shape index (κ2) is 17.5. The van der Waals surface area contributed by atoms with Gasteiger partial charge in [0.1, 0.15) is 16.3 Å². The predicted molar refractivity (Wildman–Crippen MR) is 212 cm³/mol. The molecule has 1 heterocycles. The first kappa shape index (κ1) is 37.6. The zero-order chi connectivity index (χ0) is 37.2. The fourth-order valence-corrected chi connectivity index (χ4v) is 6.98. The third kappa shape index (κ3) is 9.77. The quantitative estimate of drug-likeness (QED) is 0.0632. The molecule has 1 atom stereocenters. The number of thioether (sulfide) groups is 1. The first-order valence-corrected chi connectivity index (χ1v) is 18.4. The van der Waals surface area contributed by atoms with Crippen LogP contribution in [0.2, 0.25) is 0 Å². The largest absolute Gasteiger partial charge is 0.462 e. The van der Waals surface area contributed by atoms with E-state index in [2.05, 4.69) is 16.0 Å². The normalized spacial score (nSPS) is 11.7. The van der Waals surface area contributed by atoms with Crippen molar-refractivity contribution in [2.45, 2.75) is 30.9 Å². The standard InChI is InChI=1S/C41H40N4O5S2/c1-6-50-41(49)36-34(29-19-15-26(2)16-20-29)25-51-40(36)44-37(46)27(3)52-33-14-10-13-31(24-33)42-39(48)35(43-38(47)30-11-8-7-9-12-30)23-28-17-21-32(22-18-28)45(4)5/h7-25,27H,6H2,1-5H3,(H,42,48)(H,43,47)(H,44,46)/b35-23+. The molecule has 0 radical (unpaired) electrons. The van der Waals surface area contributed by atoms with E-state index in [9.17, 15) is 19.2 Å². The summed E-state index contributed by atoms with van der Waals surface area (Å²) in [6.45, 7) is 5.71. The average molecular weight is 733 g/mol. The van der Waals surface area contributed by atoms with Gasteiger partial charge in [-0.25, -0.2) is 4.79 Å². The minimum atomic E-state index is -0.559. The number of benzene rings is 4. The van der Waals surface area contributed by atoms with Crippen molar-refractivity contribution in [3.8, 4) is 11.1 Å². The zero-order valence-electron chi connectivity index (χ0n) is 29.6. The highest BCUT2D eigenvalue weighted by Gasteiger charge is 2.25. The van der Waals surface area contributed by atoms with Crippen LogP contribution in [0.1, 0.15) is 45.7 Å². The summed E-state index contributed by atoms with van der Waals surface area (Å²) < 4.78 is 5.35. The summed E-state index contributed by atoms with van der Waals surface area (Å²) in [6.07, 6.45) is 1.62. The van der Waals surface area contributed by atoms with Crippen LogP contribution in [0.4, 0.5) is 16.4 Å². The van der Waals surface area contributed by atoms with Gasteiger partial charge in [0, 0.05) is 46.9 Å². The Hall–Kier alpha value is -5.65. The molecule has 4 aromatic carbocycles. The molecule has 1 aromatic heterocycles. The van der Waals surface area contributed by atoms with E-state index >= 15 is 0 Å². The van der Waals surface area contributed by atoms with Crippen LogP contribution >= 0.6 is 23.1 Å². The maximum atomic E-state index is 13.6. The molecule has 1 unspecified atom stereocenters. The molecule has 9 nitrogen and oxygen atoms in total. The number of anilines is 3. The summed E-state index contributed by atoms with van der Waals surface area (Å²) in [6, 6.07) is 31.2. The van der Waals surface area contributed by atoms with Crippen LogP contribution in [0.25, 0.3) is 17.2 Å². The van der Waals surface area contributed by atoms with Gasteiger partial charge >= 0.3 is 5.97 Å². The number of rotatable bonds is 13. The summed E-state index contributed by atoms with van der Waals surface area (Å²) in [7, 11) is 3.88. The molecule has 0 aliphatic heterocycles. The molecule has 0 aliphatic rings. The molecule has 0 bridgehead atoms. The van der Waals surface area contributed by atoms with Gasteiger partial charge in [-0.05, 0) is 80.4 Å². The first-order valence-electron chi connectivity index (χ1n) is 16.6. The van der Waals surface area contributed by atoms with Gasteiger partial charge in [0.15, 0.2) is 0 Å². The van der Waals surface area contributed by atoms with Gasteiger partial charge in [0.25, 0.3) is 11.8 Å². The molecule has 0 aliphatic carbocycles. The van der Waals surface area contributed by atoms with Crippen molar-refractivity contribution < 1.29 is 23.9 Å². The van der Waals surface area contributed by atoms with Gasteiger partial charge in [0.05, 0.1) is 11.9 Å². The third-order valence-electron chi connectivity index (χ3n) is 7.89. The number of carbonyl (C=O) groups excluding carboxylic acids is 4. The number of esters is 1. The summed E-state index contributed by atoms with van der Waals surface area (Å²) in [5.74, 6) is -1.73. The molecule has 5 aromatic rings. The first-order chi connectivity index (χ1) is 25.0. The van der Waals surface area contributed by atoms with Gasteiger partial charge in [-0.3, -0.25) is 14.4 Å². The van der Waals surface area contributed by atoms with E-state index in [0.717, 1.165) is 27.3 Å². The van der Waals surface area contributed by atoms with Gasteiger partial charge in [0.2, 0.25) is 5.91 Å². The Morgan fingerprint density at radius 3 is 2.27 bits per heavy atom. The van der Waals surface area contributed by atoms with Crippen LogP contribution < -0.4 is 20.9 Å². The molecule has 266 valence electrons. The summed E-state index contributed by atoms with van der Waals surface area (Å²) in [4.78, 5) is 55.9. The third-order valence-corrected chi connectivity index (χ3v) is 9.88. The van der Waals surface area contributed by atoms with Gasteiger partial charge in [-0.1, -0.05) is 66.2 Å². The molecule has 3 N–H and O–H groups in total. The SMILES string of the molecule is CCOC(=O)c1c(-c2ccc(C)cc2)csc1NC(=O)C(C)Sc1cccc(NC(=O)/C(=C\c2ccc(N(C)C)cc2)NC(=O)c2ccccc2)c1. The topological polar surface area (TPSA) is 117 Å². The Morgan fingerprint density at radius 2 is 1.60 bits per heavy atom. The van der Waals surface area contributed by atoms with Crippen LogP contribution in [0.15, 0.2) is 119 Å². The lowest BCUT2D eigenvalue weighted by Gasteiger charge is -2.15. The van der Waals surface area contributed by atoms with E-state index in [1.165, 1.54) is 23.1 Å². The fourth-order valence-electron chi connectivity index (χ4n) is 5.10. The summed E-state index contributed by atoms with van der Waals surface area (Å²) in [5, 5.41) is 10.3. The van der Waals surface area contributed by atoms with E-state index in [4.69, 9.17) is 4.74 Å². The van der Waals surface area contributed by atoms with E-state index < -0.39 is 23.0 Å². The molecule has 0 saturated carbocycles. The smallest absolute Gasteiger partial charge is 0.341 e. The van der Waals surface area contributed by atoms with Gasteiger partial charge in [-0.15, -0.1) is 23.1 Å². The van der Waals surface area contributed by atoms with Crippen molar-refractivity contribution in [3.63, 3.8) is 0 Å². The van der Waals surface area contributed by atoms with E-state index in [-0.39, 0.29) is 18.2 Å². The molecular weight excluding hydrogens is 693 g/mol. The lowest BCUT2D eigenvalue weighted by molar-refractivity contribution is -0.115. The number of thiophene rings is 1. The average Bonchev–Trinajstić information content (AvgIpc) is 3.55. The van der Waals surface area contributed by atoms with Crippen LogP contribution in [-0.2, 0) is 14.3 Å². The Kier molecular flexibility index (Phi) is 12.7. The summed E-state index contributed by atoms with van der Waals surface area (Å²) in [5.41, 5.74) is 5.66. The number of hydrogen-bond donors (Lipinski definition) is 3. The van der Waals surface area contributed by atoms with Crippen LogP contribution in [0, 0.1) is 6.92 Å². The molecule has 11 heteroatoms. The minimum Gasteiger partial charge on any atom is -0.462 e. The maximum Gasteiger partial charge on any atom is 0.341 e. The van der Waals surface area contributed by atoms with Crippen LogP contribution in [0.3, 0.4) is 0 Å². The predicted octanol–water partition coefficient (Wildman–Crippen LogP) is 8.50. The van der Waals surface area contributed by atoms with Crippen molar-refractivity contribution in [3.05, 3.63) is 136 Å². The van der Waals surface area contributed by atoms with Crippen LogP contribution in [0.5, 0.6) is 0 Å². The second-order valence-corrected chi connectivity index (χ2v) is 14.3. The van der Waals surface area contributed by atoms with Gasteiger partial charge < -0.3 is 25.6 Å². The molecule has 0 spiro atoms. The van der Waals surface area contributed by atoms with E-state index in [0.29, 0.717) is 27.4 Å². The van der Waals surface area contributed by atoms with Crippen molar-refractivity contribution >= 4 is 69.2 Å². The Balaban J connectivity index is 1.31. The second-order valence-electron chi connectivity index (χ2n) is 12.0. The van der Waals surface area contributed by atoms with Crippen molar-refractivity contribution in [2.75, 3.05) is 36.2 Å². The number of carbonyl (C=O) groups is 4. The molecule has 3 amide bonds. The number of nitrogens with one attached hydrogen (secondary N) is 3. The van der Waals surface area contributed by atoms with Crippen LogP contribution in [-0.4, -0.2) is 49.6 Å². The van der Waals surface area contributed by atoms with Crippen molar-refractivity contribution in [1.82, 2.24) is 5.32 Å². The molecule has 0 fully saturated rings. The zero-order valence-corrected chi connectivity index (χ0v) is 31.2. The highest BCUT2D eigenvalue weighted by molar-refractivity contribution is 8.00. The highest BCUT2D eigenvalue weighted by atomic mass is 32.2. The Morgan fingerprint density at radius 1 is 0.885 bits per heavy atom. The Bertz CT molecular complexity index is 2070. The van der Waals surface area contributed by atoms with E-state index in [1.807, 2.05) is 92.0 Å². The Labute approximate surface area is 312 Å². The molecular formula is C41H40N4O5S2. The van der Waals surface area contributed by atoms with Crippen molar-refractivity contribution in [2.24, 2.45) is 0 Å². The lowest BCUT2D eigenvalue weighted by atomic mass is 10.0. The number of nitrogens with zero attached hydrogens (tertiary/aromatic N) is 1. The molecule has 52 heavy (non-hydrogen) atoms. The summed E-state index contributed by atoms with van der Waals surface area (Å²) >= 11 is 2.57. The van der Waals surface area contributed by atoms with Gasteiger partial charge in [-0.2, -0.15) is 0 Å². The monoisotopic (exact) mass is 732 g/mol. The number of hydrogen-bond acceptors (Lipinski definition) is 8. The number of ether oxygens (including phenoxy) is 1. The highest BCUT2D eigenvalue weighted by Crippen LogP contribution is 2.37. The van der Waals surface area contributed by atoms with E-state index in [1.54, 1.807) is 62.4 Å². The number of amides is 3. The molecule has 0 saturated heterocycles. The lowest BCUT2D eigenvalue weighted by Crippen LogP contribution is -2.30. The minimum absolute atomic E-state index is 0.0654.